The lowest BCUT2D eigenvalue weighted by Gasteiger charge is -2.09. The molecular formula is C45H25N3OS2. The first-order valence-corrected chi connectivity index (χ1v) is 18.0. The summed E-state index contributed by atoms with van der Waals surface area (Å²) in [4.78, 5) is 14.6. The number of para-hydroxylation sites is 2. The van der Waals surface area contributed by atoms with Crippen LogP contribution in [0, 0.1) is 0 Å². The lowest BCUT2D eigenvalue weighted by Crippen LogP contribution is -2.00. The van der Waals surface area contributed by atoms with E-state index in [1.165, 1.54) is 11.3 Å². The summed E-state index contributed by atoms with van der Waals surface area (Å²) in [7, 11) is 0. The van der Waals surface area contributed by atoms with Crippen molar-refractivity contribution in [2.75, 3.05) is 0 Å². The molecule has 0 aliphatic heterocycles. The maximum absolute atomic E-state index is 9.67. The highest BCUT2D eigenvalue weighted by Gasteiger charge is 2.19. The highest BCUT2D eigenvalue weighted by molar-refractivity contribution is 7.26. The Balaban J connectivity index is 1.18. The van der Waals surface area contributed by atoms with Gasteiger partial charge in [-0.05, 0) is 47.5 Å². The van der Waals surface area contributed by atoms with Gasteiger partial charge in [-0.3, -0.25) is 0 Å². The molecule has 0 amide bonds. The molecule has 11 rings (SSSR count). The molecule has 0 N–H and O–H groups in total. The van der Waals surface area contributed by atoms with E-state index >= 15 is 0 Å². The second kappa shape index (κ2) is 11.2. The Bertz CT molecular complexity index is 3510. The van der Waals surface area contributed by atoms with E-state index in [2.05, 4.69) is 12.1 Å². The highest BCUT2D eigenvalue weighted by Crippen LogP contribution is 2.43. The average molecular weight is 694 g/mol. The minimum Gasteiger partial charge on any atom is -0.455 e. The Labute approximate surface area is 308 Å². The topological polar surface area (TPSA) is 51.8 Å². The van der Waals surface area contributed by atoms with Gasteiger partial charge < -0.3 is 4.42 Å². The highest BCUT2D eigenvalue weighted by atomic mass is 32.1. The summed E-state index contributed by atoms with van der Waals surface area (Å²) in [5, 5.41) is 4.49. The summed E-state index contributed by atoms with van der Waals surface area (Å²) in [6.07, 6.45) is 0. The van der Waals surface area contributed by atoms with Crippen molar-refractivity contribution in [3.05, 3.63) is 152 Å². The number of thiophene rings is 2. The van der Waals surface area contributed by atoms with Crippen molar-refractivity contribution in [1.82, 2.24) is 15.0 Å². The maximum atomic E-state index is 9.67. The van der Waals surface area contributed by atoms with Gasteiger partial charge in [-0.25, -0.2) is 15.0 Å². The summed E-state index contributed by atoms with van der Waals surface area (Å²) in [5.41, 5.74) is 3.85. The second-order valence-electron chi connectivity index (χ2n) is 12.3. The first-order valence-electron chi connectivity index (χ1n) is 19.4. The Morgan fingerprint density at radius 2 is 1.24 bits per heavy atom. The summed E-state index contributed by atoms with van der Waals surface area (Å²) in [5.74, 6) is 0.670. The van der Waals surface area contributed by atoms with Gasteiger partial charge in [0.1, 0.15) is 11.2 Å². The third kappa shape index (κ3) is 4.54. The van der Waals surface area contributed by atoms with Crippen molar-refractivity contribution in [3.8, 4) is 45.3 Å². The van der Waals surface area contributed by atoms with Crippen LogP contribution < -0.4 is 0 Å². The van der Waals surface area contributed by atoms with Gasteiger partial charge >= 0.3 is 0 Å². The van der Waals surface area contributed by atoms with Gasteiger partial charge in [0.2, 0.25) is 0 Å². The van der Waals surface area contributed by atoms with Crippen LogP contribution in [0.15, 0.2) is 156 Å². The van der Waals surface area contributed by atoms with E-state index in [1.807, 2.05) is 103 Å². The number of hydrogen-bond donors (Lipinski definition) is 0. The molecule has 0 bridgehead atoms. The first-order chi connectivity index (χ1) is 27.8. The monoisotopic (exact) mass is 693 g/mol. The second-order valence-corrected chi connectivity index (χ2v) is 14.4. The molecule has 11 aromatic rings. The molecule has 4 aromatic heterocycles. The Morgan fingerprint density at radius 1 is 0.471 bits per heavy atom. The zero-order valence-corrected chi connectivity index (χ0v) is 28.2. The lowest BCUT2D eigenvalue weighted by molar-refractivity contribution is 0.669. The van der Waals surface area contributed by atoms with E-state index in [-0.39, 0.29) is 64.2 Å². The fraction of sp³-hybridized carbons (Fsp3) is 0. The van der Waals surface area contributed by atoms with Crippen LogP contribution in [0.2, 0.25) is 0 Å². The fourth-order valence-electron chi connectivity index (χ4n) is 6.86. The van der Waals surface area contributed by atoms with Crippen LogP contribution in [0.4, 0.5) is 0 Å². The molecule has 0 spiro atoms. The van der Waals surface area contributed by atoms with Gasteiger partial charge in [0.05, 0.1) is 13.8 Å². The van der Waals surface area contributed by atoms with Crippen molar-refractivity contribution in [3.63, 3.8) is 0 Å². The zero-order chi connectivity index (χ0) is 38.7. The Morgan fingerprint density at radius 3 is 2.16 bits per heavy atom. The number of aromatic nitrogens is 3. The van der Waals surface area contributed by atoms with Crippen molar-refractivity contribution in [1.29, 1.82) is 0 Å². The third-order valence-electron chi connectivity index (χ3n) is 9.26. The number of hydrogen-bond acceptors (Lipinski definition) is 6. The van der Waals surface area contributed by atoms with E-state index in [9.17, 15) is 4.11 Å². The van der Waals surface area contributed by atoms with Crippen LogP contribution in [0.3, 0.4) is 0 Å². The molecule has 51 heavy (non-hydrogen) atoms. The predicted molar refractivity (Wildman–Crippen MR) is 215 cm³/mol. The van der Waals surface area contributed by atoms with Crippen molar-refractivity contribution >= 4 is 85.0 Å². The molecule has 4 nitrogen and oxygen atoms in total. The minimum atomic E-state index is -0.279. The average Bonchev–Trinajstić information content (AvgIpc) is 3.94. The minimum absolute atomic E-state index is 0.0492. The van der Waals surface area contributed by atoms with Gasteiger partial charge in [0.25, 0.3) is 0 Å². The molecule has 0 aliphatic rings. The zero-order valence-electron chi connectivity index (χ0n) is 32.5. The SMILES string of the molecule is [2H]c1c([2H])c([2H])c2c(sc3c([2H])c(-c4nc(-c5ccccc5)nc(-c5cccc6c5oc5ccccc56)n4)c([2H])c([2H])c32)c1-c1ccc2sc3ccccc3c2c1. The van der Waals surface area contributed by atoms with Crippen LogP contribution >= 0.6 is 22.7 Å². The molecule has 0 saturated heterocycles. The van der Waals surface area contributed by atoms with Gasteiger partial charge in [0.15, 0.2) is 17.5 Å². The molecule has 0 radical (unpaired) electrons. The van der Waals surface area contributed by atoms with Gasteiger partial charge in [-0.1, -0.05) is 115 Å². The number of fused-ring (bicyclic) bond motifs is 9. The molecule has 0 saturated carbocycles. The molecule has 0 aliphatic carbocycles. The van der Waals surface area contributed by atoms with Crippen LogP contribution in [-0.4, -0.2) is 15.0 Å². The Kier molecular flexibility index (Phi) is 5.08. The number of rotatable bonds is 4. The summed E-state index contributed by atoms with van der Waals surface area (Å²) >= 11 is 2.88. The van der Waals surface area contributed by atoms with Crippen LogP contribution in [0.5, 0.6) is 0 Å². The smallest absolute Gasteiger partial charge is 0.167 e. The van der Waals surface area contributed by atoms with E-state index in [0.717, 1.165) is 36.5 Å². The van der Waals surface area contributed by atoms with E-state index in [4.69, 9.17) is 23.5 Å². The lowest BCUT2D eigenvalue weighted by atomic mass is 10.0. The fourth-order valence-corrected chi connectivity index (χ4v) is 9.09. The number of nitrogens with zero attached hydrogens (tertiary/aromatic N) is 3. The molecule has 0 unspecified atom stereocenters. The predicted octanol–water partition coefficient (Wildman–Crippen LogP) is 13.2. The van der Waals surface area contributed by atoms with Crippen LogP contribution in [-0.2, 0) is 0 Å². The van der Waals surface area contributed by atoms with Gasteiger partial charge in [-0.2, -0.15) is 0 Å². The molecule has 238 valence electrons. The quantitative estimate of drug-likeness (QED) is 0.184. The normalized spacial score (nSPS) is 13.6. The number of furan rings is 1. The van der Waals surface area contributed by atoms with Crippen molar-refractivity contribution in [2.45, 2.75) is 0 Å². The maximum Gasteiger partial charge on any atom is 0.167 e. The summed E-state index contributed by atoms with van der Waals surface area (Å²) in [6.45, 7) is 0. The standard InChI is InChI=1S/C45H25N3OS2/c1-2-10-26(11-3-1)43-46-44(48-45(47-43)35-17-9-15-33-30-12-4-6-18-37(30)49-41(33)35)28-20-22-32-34-16-8-14-29(42(34)51-40(32)25-28)27-21-23-39-36(24-27)31-13-5-7-19-38(31)50-39/h1-25H/i8D,14D,16D,20D,22D,25D. The van der Waals surface area contributed by atoms with Crippen molar-refractivity contribution in [2.24, 2.45) is 0 Å². The third-order valence-corrected chi connectivity index (χ3v) is 11.5. The molecule has 6 heteroatoms. The molecule has 4 heterocycles. The van der Waals surface area contributed by atoms with Crippen molar-refractivity contribution < 1.29 is 12.6 Å². The molecule has 7 aromatic carbocycles. The molecular weight excluding hydrogens is 663 g/mol. The largest absolute Gasteiger partial charge is 0.455 e. The van der Waals surface area contributed by atoms with E-state index < -0.39 is 0 Å². The van der Waals surface area contributed by atoms with Gasteiger partial charge in [0, 0.05) is 62.2 Å². The van der Waals surface area contributed by atoms with Crippen LogP contribution in [0.25, 0.3) is 108 Å². The van der Waals surface area contributed by atoms with Gasteiger partial charge in [-0.15, -0.1) is 22.7 Å². The summed E-state index contributed by atoms with van der Waals surface area (Å²) < 4.78 is 65.0. The number of benzene rings is 7. The Hall–Kier alpha value is -6.21. The van der Waals surface area contributed by atoms with E-state index in [0.29, 0.717) is 43.1 Å². The van der Waals surface area contributed by atoms with E-state index in [1.54, 1.807) is 11.3 Å². The molecule has 0 atom stereocenters. The molecule has 0 fully saturated rings. The van der Waals surface area contributed by atoms with Crippen LogP contribution in [0.1, 0.15) is 8.22 Å². The first kappa shape index (κ1) is 23.2. The summed E-state index contributed by atoms with van der Waals surface area (Å²) in [6, 6.07) is 36.0.